The van der Waals surface area contributed by atoms with Crippen LogP contribution in [0.25, 0.3) is 0 Å². The van der Waals surface area contributed by atoms with E-state index in [0.717, 1.165) is 23.7 Å². The zero-order valence-electron chi connectivity index (χ0n) is 10.7. The van der Waals surface area contributed by atoms with Crippen LogP contribution >= 0.6 is 11.8 Å². The van der Waals surface area contributed by atoms with Crippen LogP contribution in [0.15, 0.2) is 64.3 Å². The molecule has 1 aromatic carbocycles. The molecule has 6 heteroatoms. The first-order valence-electron chi connectivity index (χ1n) is 6.33. The molecule has 0 radical (unpaired) electrons. The van der Waals surface area contributed by atoms with E-state index in [1.165, 1.54) is 6.08 Å². The summed E-state index contributed by atoms with van der Waals surface area (Å²) >= 11 is 1.71. The normalized spacial score (nSPS) is 21.0. The second-order valence-electron chi connectivity index (χ2n) is 4.47. The van der Waals surface area contributed by atoms with Gasteiger partial charge in [0.15, 0.2) is 0 Å². The van der Waals surface area contributed by atoms with Crippen molar-refractivity contribution in [2.75, 3.05) is 6.54 Å². The fraction of sp³-hybridized carbons (Fsp3) is 0.214. The first-order valence-corrected chi connectivity index (χ1v) is 7.21. The Bertz CT molecular complexity index is 610. The van der Waals surface area contributed by atoms with Crippen LogP contribution in [-0.4, -0.2) is 27.6 Å². The lowest BCUT2D eigenvalue weighted by atomic mass is 10.2. The number of hydrogen-bond donors (Lipinski definition) is 0. The molecule has 1 atom stereocenters. The van der Waals surface area contributed by atoms with Gasteiger partial charge in [-0.3, -0.25) is 15.1 Å². The number of benzene rings is 1. The standard InChI is InChI=1S/C14H13N3O2S/c18-17(19)11-6-7-13-15-9-8-14(16(13)10-11)20-12-4-2-1-3-5-12/h1-7,10,14H,8-9H2. The number of nitrogens with zero attached hydrogens (tertiary/aromatic N) is 3. The zero-order valence-corrected chi connectivity index (χ0v) is 11.5. The van der Waals surface area contributed by atoms with Crippen molar-refractivity contribution in [3.05, 3.63) is 64.5 Å². The third-order valence-corrected chi connectivity index (χ3v) is 4.40. The Labute approximate surface area is 120 Å². The Balaban J connectivity index is 1.84. The molecule has 20 heavy (non-hydrogen) atoms. The van der Waals surface area contributed by atoms with E-state index in [4.69, 9.17) is 0 Å². The van der Waals surface area contributed by atoms with Crippen molar-refractivity contribution in [1.82, 2.24) is 4.90 Å². The largest absolute Gasteiger partial charge is 0.314 e. The van der Waals surface area contributed by atoms with Crippen molar-refractivity contribution in [3.63, 3.8) is 0 Å². The van der Waals surface area contributed by atoms with E-state index in [1.54, 1.807) is 24.0 Å². The Hall–Kier alpha value is -2.08. The molecule has 0 aliphatic carbocycles. The molecule has 1 aromatic rings. The van der Waals surface area contributed by atoms with Crippen LogP contribution in [0.2, 0.25) is 0 Å². The summed E-state index contributed by atoms with van der Waals surface area (Å²) in [6.45, 7) is 0.752. The van der Waals surface area contributed by atoms with Gasteiger partial charge in [0.2, 0.25) is 0 Å². The summed E-state index contributed by atoms with van der Waals surface area (Å²) in [5.74, 6) is 0.801. The van der Waals surface area contributed by atoms with E-state index in [2.05, 4.69) is 4.99 Å². The fourth-order valence-corrected chi connectivity index (χ4v) is 3.31. The highest BCUT2D eigenvalue weighted by atomic mass is 32.2. The molecular formula is C14H13N3O2S. The molecule has 0 bridgehead atoms. The molecule has 3 rings (SSSR count). The van der Waals surface area contributed by atoms with Gasteiger partial charge in [-0.2, -0.15) is 0 Å². The summed E-state index contributed by atoms with van der Waals surface area (Å²) in [5, 5.41) is 11.0. The minimum Gasteiger partial charge on any atom is -0.314 e. The highest BCUT2D eigenvalue weighted by molar-refractivity contribution is 7.99. The highest BCUT2D eigenvalue weighted by Crippen LogP contribution is 2.32. The van der Waals surface area contributed by atoms with Gasteiger partial charge < -0.3 is 4.90 Å². The smallest absolute Gasteiger partial charge is 0.285 e. The van der Waals surface area contributed by atoms with E-state index in [0.29, 0.717) is 0 Å². The van der Waals surface area contributed by atoms with Gasteiger partial charge in [0.25, 0.3) is 5.70 Å². The minimum atomic E-state index is -0.369. The average Bonchev–Trinajstić information content (AvgIpc) is 2.48. The van der Waals surface area contributed by atoms with Crippen molar-refractivity contribution in [2.24, 2.45) is 4.99 Å². The van der Waals surface area contributed by atoms with Gasteiger partial charge in [0.1, 0.15) is 5.84 Å². The summed E-state index contributed by atoms with van der Waals surface area (Å²) in [7, 11) is 0. The summed E-state index contributed by atoms with van der Waals surface area (Å²) < 4.78 is 0. The third-order valence-electron chi connectivity index (χ3n) is 3.13. The molecule has 0 fully saturated rings. The number of hydrogen-bond acceptors (Lipinski definition) is 5. The maximum absolute atomic E-state index is 10.9. The Morgan fingerprint density at radius 1 is 1.30 bits per heavy atom. The molecule has 0 amide bonds. The molecule has 1 unspecified atom stereocenters. The van der Waals surface area contributed by atoms with E-state index in [9.17, 15) is 10.1 Å². The maximum atomic E-state index is 10.9. The lowest BCUT2D eigenvalue weighted by Crippen LogP contribution is -2.39. The third kappa shape index (κ3) is 2.60. The number of thioether (sulfide) groups is 1. The highest BCUT2D eigenvalue weighted by Gasteiger charge is 2.28. The molecular weight excluding hydrogens is 274 g/mol. The van der Waals surface area contributed by atoms with Gasteiger partial charge >= 0.3 is 0 Å². The number of amidine groups is 1. The molecule has 0 saturated carbocycles. The van der Waals surface area contributed by atoms with Gasteiger partial charge in [-0.1, -0.05) is 18.2 Å². The molecule has 102 valence electrons. The molecule has 2 aliphatic heterocycles. The summed E-state index contributed by atoms with van der Waals surface area (Å²) in [6.07, 6.45) is 5.68. The molecule has 0 saturated heterocycles. The summed E-state index contributed by atoms with van der Waals surface area (Å²) in [5.41, 5.74) is 0.101. The molecule has 2 aliphatic rings. The van der Waals surface area contributed by atoms with Gasteiger partial charge in [-0.05, 0) is 24.6 Å². The zero-order chi connectivity index (χ0) is 13.9. The van der Waals surface area contributed by atoms with Crippen molar-refractivity contribution in [3.8, 4) is 0 Å². The van der Waals surface area contributed by atoms with Crippen LogP contribution < -0.4 is 0 Å². The monoisotopic (exact) mass is 287 g/mol. The second-order valence-corrected chi connectivity index (χ2v) is 5.72. The topological polar surface area (TPSA) is 58.7 Å². The van der Waals surface area contributed by atoms with Crippen molar-refractivity contribution in [1.29, 1.82) is 0 Å². The molecule has 0 spiro atoms. The number of nitro groups is 1. The quantitative estimate of drug-likeness (QED) is 0.633. The van der Waals surface area contributed by atoms with Crippen LogP contribution in [-0.2, 0) is 0 Å². The van der Waals surface area contributed by atoms with Gasteiger partial charge in [-0.15, -0.1) is 11.8 Å². The summed E-state index contributed by atoms with van der Waals surface area (Å²) in [6, 6.07) is 10.1. The first kappa shape index (κ1) is 12.9. The van der Waals surface area contributed by atoms with E-state index in [1.807, 2.05) is 35.2 Å². The SMILES string of the molecule is O=[N+]([O-])C1=CN2C(=NCCC2Sc2ccccc2)C=C1. The van der Waals surface area contributed by atoms with Crippen LogP contribution in [0, 0.1) is 10.1 Å². The second kappa shape index (κ2) is 5.50. The molecule has 2 heterocycles. The molecule has 0 N–H and O–H groups in total. The predicted octanol–water partition coefficient (Wildman–Crippen LogP) is 2.90. The van der Waals surface area contributed by atoms with Crippen LogP contribution in [0.5, 0.6) is 0 Å². The molecule has 5 nitrogen and oxygen atoms in total. The first-order chi connectivity index (χ1) is 9.74. The van der Waals surface area contributed by atoms with Gasteiger partial charge in [0, 0.05) is 17.5 Å². The average molecular weight is 287 g/mol. The number of allylic oxidation sites excluding steroid dienone is 1. The summed E-state index contributed by atoms with van der Waals surface area (Å²) in [4.78, 5) is 18.0. The van der Waals surface area contributed by atoms with Crippen molar-refractivity contribution in [2.45, 2.75) is 16.7 Å². The predicted molar refractivity (Wildman–Crippen MR) is 79.1 cm³/mol. The van der Waals surface area contributed by atoms with Crippen LogP contribution in [0.1, 0.15) is 6.42 Å². The van der Waals surface area contributed by atoms with E-state index in [-0.39, 0.29) is 16.0 Å². The van der Waals surface area contributed by atoms with Crippen LogP contribution in [0.4, 0.5) is 0 Å². The maximum Gasteiger partial charge on any atom is 0.285 e. The van der Waals surface area contributed by atoms with E-state index >= 15 is 0 Å². The van der Waals surface area contributed by atoms with Crippen LogP contribution in [0.3, 0.4) is 0 Å². The van der Waals surface area contributed by atoms with Crippen molar-refractivity contribution < 1.29 is 4.92 Å². The Morgan fingerprint density at radius 2 is 2.10 bits per heavy atom. The Morgan fingerprint density at radius 3 is 2.85 bits per heavy atom. The molecule has 0 aromatic heterocycles. The minimum absolute atomic E-state index is 0.101. The lowest BCUT2D eigenvalue weighted by Gasteiger charge is -2.33. The number of aliphatic imine (C=N–C) groups is 1. The van der Waals surface area contributed by atoms with Crippen molar-refractivity contribution >= 4 is 17.6 Å². The Kier molecular flexibility index (Phi) is 3.56. The lowest BCUT2D eigenvalue weighted by molar-refractivity contribution is -0.420. The van der Waals surface area contributed by atoms with E-state index < -0.39 is 0 Å². The fourth-order valence-electron chi connectivity index (χ4n) is 2.17. The van der Waals surface area contributed by atoms with Gasteiger partial charge in [-0.25, -0.2) is 0 Å². The van der Waals surface area contributed by atoms with Gasteiger partial charge in [0.05, 0.1) is 16.5 Å². The number of rotatable bonds is 3. The number of fused-ring (bicyclic) bond motifs is 1.